The minimum Gasteiger partial charge on any atom is -0.457 e. The first kappa shape index (κ1) is 63.3. The molecule has 0 saturated carbocycles. The number of esters is 1. The van der Waals surface area contributed by atoms with Crippen LogP contribution in [-0.2, 0) is 38.3 Å². The molecule has 0 amide bonds. The fraction of sp³-hybridized carbons (Fsp3) is 0.870. The van der Waals surface area contributed by atoms with Gasteiger partial charge in [0.05, 0.1) is 19.8 Å². The van der Waals surface area contributed by atoms with Gasteiger partial charge in [0.25, 0.3) is 0 Å². The highest BCUT2D eigenvalue weighted by Gasteiger charge is 2.48. The second-order valence-corrected chi connectivity index (χ2v) is 19.9. The summed E-state index contributed by atoms with van der Waals surface area (Å²) in [4.78, 5) is 12.9. The number of aliphatic hydroxyl groups excluding tert-OH is 3. The third-order valence-corrected chi connectivity index (χ3v) is 13.0. The molecule has 0 aromatic heterocycles. The molecule has 0 radical (unpaired) electrons. The molecule has 0 aliphatic carbocycles. The van der Waals surface area contributed by atoms with Crippen LogP contribution in [-0.4, -0.2) is 97.5 Å². The first-order valence-corrected chi connectivity index (χ1v) is 28.6. The fourth-order valence-electron chi connectivity index (χ4n) is 8.39. The van der Waals surface area contributed by atoms with Crippen LogP contribution in [0.4, 0.5) is 0 Å². The predicted octanol–water partition coefficient (Wildman–Crippen LogP) is 12.9. The molecule has 1 fully saturated rings. The van der Waals surface area contributed by atoms with Gasteiger partial charge in [0.15, 0.2) is 6.29 Å². The number of hydrogen-bond donors (Lipinski definition) is 4. The van der Waals surface area contributed by atoms with Crippen molar-refractivity contribution in [2.75, 3.05) is 26.4 Å². The number of ether oxygens (including phenoxy) is 4. The van der Waals surface area contributed by atoms with E-state index in [0.717, 1.165) is 57.8 Å². The van der Waals surface area contributed by atoms with E-state index in [4.69, 9.17) is 18.9 Å². The summed E-state index contributed by atoms with van der Waals surface area (Å²) in [6.07, 6.45) is 46.0. The second kappa shape index (κ2) is 45.5. The van der Waals surface area contributed by atoms with Crippen molar-refractivity contribution in [2.24, 2.45) is 0 Å². The molecule has 12 nitrogen and oxygen atoms in total. The third kappa shape index (κ3) is 38.7. The first-order chi connectivity index (χ1) is 32.6. The van der Waals surface area contributed by atoms with Gasteiger partial charge in [-0.05, 0) is 51.4 Å². The standard InChI is InChI=1S/C54H100O12S/c1-3-5-7-9-11-13-15-17-19-21-23-24-25-26-28-30-32-34-36-38-40-42-44-62-46-48(47-63-54-52(58)53(66-67(59,60)61)51(57)49(45-55)65-54)64-50(56)43-41-39-37-35-33-31-29-27-22-20-18-16-14-12-10-8-6-4-2/h15,17,21,23,25-26,48-49,51-55,57-58H,3-14,16,18-20,22,24,27-47H2,1-2H3,(H,59,60,61)/b17-15-,23-21-,26-25-. The van der Waals surface area contributed by atoms with Crippen molar-refractivity contribution in [1.82, 2.24) is 0 Å². The monoisotopic (exact) mass is 973 g/mol. The van der Waals surface area contributed by atoms with Crippen LogP contribution in [0, 0.1) is 0 Å². The Bertz CT molecular complexity index is 1310. The van der Waals surface area contributed by atoms with E-state index in [1.54, 1.807) is 0 Å². The molecule has 13 heteroatoms. The highest BCUT2D eigenvalue weighted by molar-refractivity contribution is 7.80. The van der Waals surface area contributed by atoms with Gasteiger partial charge in [-0.1, -0.05) is 217 Å². The first-order valence-electron chi connectivity index (χ1n) is 27.2. The Labute approximate surface area is 409 Å². The molecule has 6 atom stereocenters. The lowest BCUT2D eigenvalue weighted by Gasteiger charge is -2.41. The van der Waals surface area contributed by atoms with E-state index in [2.05, 4.69) is 54.5 Å². The molecule has 0 aromatic rings. The summed E-state index contributed by atoms with van der Waals surface area (Å²) >= 11 is 0. The third-order valence-electron chi connectivity index (χ3n) is 12.5. The van der Waals surface area contributed by atoms with Crippen LogP contribution in [0.5, 0.6) is 0 Å². The molecule has 6 unspecified atom stereocenters. The Morgan fingerprint density at radius 2 is 0.985 bits per heavy atom. The van der Waals surface area contributed by atoms with Crippen LogP contribution < -0.4 is 0 Å². The maximum absolute atomic E-state index is 12.9. The van der Waals surface area contributed by atoms with E-state index in [0.29, 0.717) is 13.0 Å². The Hall–Kier alpha value is -1.68. The van der Waals surface area contributed by atoms with Gasteiger partial charge in [0, 0.05) is 13.0 Å². The molecule has 1 aliphatic heterocycles. The molecule has 0 bridgehead atoms. The molecular weight excluding hydrogens is 873 g/mol. The lowest BCUT2D eigenvalue weighted by Crippen LogP contribution is -2.60. The molecule has 0 spiro atoms. The van der Waals surface area contributed by atoms with Crippen LogP contribution in [0.15, 0.2) is 36.5 Å². The van der Waals surface area contributed by atoms with Crippen molar-refractivity contribution < 1.29 is 56.2 Å². The molecule has 67 heavy (non-hydrogen) atoms. The fourth-order valence-corrected chi connectivity index (χ4v) is 8.90. The largest absolute Gasteiger partial charge is 0.457 e. The predicted molar refractivity (Wildman–Crippen MR) is 271 cm³/mol. The maximum Gasteiger partial charge on any atom is 0.397 e. The molecular formula is C54H100O12S. The zero-order valence-corrected chi connectivity index (χ0v) is 43.3. The van der Waals surface area contributed by atoms with Crippen molar-refractivity contribution in [3.63, 3.8) is 0 Å². The zero-order valence-electron chi connectivity index (χ0n) is 42.5. The van der Waals surface area contributed by atoms with Crippen LogP contribution in [0.1, 0.15) is 239 Å². The summed E-state index contributed by atoms with van der Waals surface area (Å²) in [7, 11) is -5.07. The quantitative estimate of drug-likeness (QED) is 0.0197. The van der Waals surface area contributed by atoms with Crippen LogP contribution in [0.2, 0.25) is 0 Å². The smallest absolute Gasteiger partial charge is 0.397 e. The molecule has 394 valence electrons. The Morgan fingerprint density at radius 1 is 0.567 bits per heavy atom. The number of hydrogen-bond acceptors (Lipinski definition) is 11. The number of rotatable bonds is 48. The summed E-state index contributed by atoms with van der Waals surface area (Å²) < 4.78 is 59.3. The molecule has 0 aromatic carbocycles. The highest BCUT2D eigenvalue weighted by atomic mass is 32.3. The van der Waals surface area contributed by atoms with Gasteiger partial charge >= 0.3 is 16.4 Å². The minimum atomic E-state index is -5.07. The van der Waals surface area contributed by atoms with E-state index in [1.165, 1.54) is 154 Å². The van der Waals surface area contributed by atoms with Gasteiger partial charge < -0.3 is 34.3 Å². The Balaban J connectivity index is 2.34. The summed E-state index contributed by atoms with van der Waals surface area (Å²) in [6.45, 7) is 4.00. The van der Waals surface area contributed by atoms with Crippen LogP contribution >= 0.6 is 0 Å². The van der Waals surface area contributed by atoms with Gasteiger partial charge in [-0.25, -0.2) is 4.18 Å². The number of carbonyl (C=O) groups is 1. The molecule has 1 heterocycles. The average molecular weight is 973 g/mol. The van der Waals surface area contributed by atoms with Crippen molar-refractivity contribution in [3.8, 4) is 0 Å². The number of allylic oxidation sites excluding steroid dienone is 6. The summed E-state index contributed by atoms with van der Waals surface area (Å²) in [6, 6.07) is 0. The van der Waals surface area contributed by atoms with Gasteiger partial charge in [-0.2, -0.15) is 8.42 Å². The van der Waals surface area contributed by atoms with Crippen molar-refractivity contribution in [2.45, 2.75) is 275 Å². The topological polar surface area (TPSA) is 178 Å². The SMILES string of the molecule is CCCCCCC/C=C\C/C=C\C/C=C\CCCCCCCCCOCC(COC1OC(CO)C(O)C(OS(=O)(=O)O)C1O)OC(=O)CCCCCCCCCCCCCCCCCCCC. The van der Waals surface area contributed by atoms with Gasteiger partial charge in [0.2, 0.25) is 0 Å². The van der Waals surface area contributed by atoms with E-state index in [-0.39, 0.29) is 19.6 Å². The van der Waals surface area contributed by atoms with Crippen LogP contribution in [0.25, 0.3) is 0 Å². The van der Waals surface area contributed by atoms with Gasteiger partial charge in [-0.15, -0.1) is 0 Å². The van der Waals surface area contributed by atoms with E-state index in [9.17, 15) is 33.1 Å². The lowest BCUT2D eigenvalue weighted by atomic mass is 9.99. The van der Waals surface area contributed by atoms with E-state index >= 15 is 0 Å². The summed E-state index contributed by atoms with van der Waals surface area (Å²) in [5.41, 5.74) is 0. The Kier molecular flexibility index (Phi) is 43.0. The number of aliphatic hydroxyl groups is 3. The maximum atomic E-state index is 12.9. The molecule has 1 saturated heterocycles. The normalized spacial score (nSPS) is 19.6. The lowest BCUT2D eigenvalue weighted by molar-refractivity contribution is -0.301. The summed E-state index contributed by atoms with van der Waals surface area (Å²) in [5, 5.41) is 30.8. The van der Waals surface area contributed by atoms with Crippen LogP contribution in [0.3, 0.4) is 0 Å². The van der Waals surface area contributed by atoms with E-state index < -0.39 is 59.8 Å². The van der Waals surface area contributed by atoms with E-state index in [1.807, 2.05) is 0 Å². The minimum absolute atomic E-state index is 0.0320. The van der Waals surface area contributed by atoms with Gasteiger partial charge in [0.1, 0.15) is 30.5 Å². The van der Waals surface area contributed by atoms with Gasteiger partial charge in [-0.3, -0.25) is 9.35 Å². The van der Waals surface area contributed by atoms with Crippen molar-refractivity contribution in [3.05, 3.63) is 36.5 Å². The van der Waals surface area contributed by atoms with Crippen molar-refractivity contribution >= 4 is 16.4 Å². The summed E-state index contributed by atoms with van der Waals surface area (Å²) in [5.74, 6) is -0.399. The molecule has 1 aliphatic rings. The second-order valence-electron chi connectivity index (χ2n) is 18.8. The number of unbranched alkanes of at least 4 members (excludes halogenated alkanes) is 29. The molecule has 1 rings (SSSR count). The van der Waals surface area contributed by atoms with Crippen molar-refractivity contribution in [1.29, 1.82) is 0 Å². The average Bonchev–Trinajstić information content (AvgIpc) is 3.30. The molecule has 4 N–H and O–H groups in total. The Morgan fingerprint density at radius 3 is 1.43 bits per heavy atom. The zero-order chi connectivity index (χ0) is 48.9. The highest BCUT2D eigenvalue weighted by Crippen LogP contribution is 2.26. The number of carbonyl (C=O) groups excluding carboxylic acids is 1.